The van der Waals surface area contributed by atoms with Crippen LogP contribution < -0.4 is 5.73 Å². The molecular weight excluding hydrogens is 212 g/mol. The zero-order valence-electron chi connectivity index (χ0n) is 11.2. The van der Waals surface area contributed by atoms with Gasteiger partial charge in [-0.1, -0.05) is 26.7 Å². The lowest BCUT2D eigenvalue weighted by molar-refractivity contribution is 0.0870. The normalized spacial score (nSPS) is 30.1. The van der Waals surface area contributed by atoms with Gasteiger partial charge < -0.3 is 10.5 Å². The lowest BCUT2D eigenvalue weighted by Crippen LogP contribution is -2.42. The fraction of sp³-hybridized carbons (Fsp3) is 0.929. The standard InChI is InChI=1S/C14H26N2O/c1-3-5-12(2)10-17-9-7-13-6-4-8-14(13,16)11-15/h12-13H,3-10,16H2,1-2H3. The quantitative estimate of drug-likeness (QED) is 0.694. The molecule has 3 unspecified atom stereocenters. The van der Waals surface area contributed by atoms with Crippen molar-refractivity contribution in [1.29, 1.82) is 5.26 Å². The van der Waals surface area contributed by atoms with Gasteiger partial charge >= 0.3 is 0 Å². The highest BCUT2D eigenvalue weighted by Crippen LogP contribution is 2.35. The molecule has 3 nitrogen and oxygen atoms in total. The monoisotopic (exact) mass is 238 g/mol. The molecule has 0 heterocycles. The minimum atomic E-state index is -0.585. The van der Waals surface area contributed by atoms with Gasteiger partial charge in [0.25, 0.3) is 0 Å². The molecule has 0 aromatic rings. The number of nitriles is 1. The van der Waals surface area contributed by atoms with Crippen molar-refractivity contribution >= 4 is 0 Å². The molecule has 1 aliphatic rings. The van der Waals surface area contributed by atoms with Crippen LogP contribution in [0, 0.1) is 23.2 Å². The SMILES string of the molecule is CCCC(C)COCCC1CCCC1(N)C#N. The van der Waals surface area contributed by atoms with E-state index in [1.807, 2.05) is 0 Å². The Balaban J connectivity index is 2.17. The molecule has 98 valence electrons. The maximum absolute atomic E-state index is 9.09. The minimum Gasteiger partial charge on any atom is -0.381 e. The zero-order chi connectivity index (χ0) is 12.7. The molecule has 3 atom stereocenters. The fourth-order valence-corrected chi connectivity index (χ4v) is 2.74. The van der Waals surface area contributed by atoms with Gasteiger partial charge in [0, 0.05) is 13.2 Å². The van der Waals surface area contributed by atoms with Crippen LogP contribution in [0.4, 0.5) is 0 Å². The molecule has 0 saturated heterocycles. The topological polar surface area (TPSA) is 59.0 Å². The Morgan fingerprint density at radius 3 is 3.00 bits per heavy atom. The van der Waals surface area contributed by atoms with E-state index in [1.54, 1.807) is 0 Å². The Kier molecular flexibility index (Phi) is 5.94. The molecule has 1 fully saturated rings. The van der Waals surface area contributed by atoms with E-state index in [0.717, 1.165) is 38.9 Å². The smallest absolute Gasteiger partial charge is 0.107 e. The molecule has 1 rings (SSSR count). The summed E-state index contributed by atoms with van der Waals surface area (Å²) in [7, 11) is 0. The summed E-state index contributed by atoms with van der Waals surface area (Å²) >= 11 is 0. The number of hydrogen-bond donors (Lipinski definition) is 1. The third kappa shape index (κ3) is 4.29. The fourth-order valence-electron chi connectivity index (χ4n) is 2.74. The van der Waals surface area contributed by atoms with Crippen LogP contribution in [0.5, 0.6) is 0 Å². The second-order valence-electron chi connectivity index (χ2n) is 5.50. The van der Waals surface area contributed by atoms with Crippen LogP contribution in [0.25, 0.3) is 0 Å². The van der Waals surface area contributed by atoms with Crippen LogP contribution in [-0.2, 0) is 4.74 Å². The van der Waals surface area contributed by atoms with E-state index >= 15 is 0 Å². The molecule has 1 aliphatic carbocycles. The van der Waals surface area contributed by atoms with Crippen LogP contribution in [0.1, 0.15) is 52.4 Å². The van der Waals surface area contributed by atoms with Crippen molar-refractivity contribution in [2.45, 2.75) is 57.9 Å². The van der Waals surface area contributed by atoms with Gasteiger partial charge in [-0.25, -0.2) is 0 Å². The molecule has 0 bridgehead atoms. The summed E-state index contributed by atoms with van der Waals surface area (Å²) < 4.78 is 5.68. The number of hydrogen-bond acceptors (Lipinski definition) is 3. The summed E-state index contributed by atoms with van der Waals surface area (Å²) in [6, 6.07) is 2.28. The van der Waals surface area contributed by atoms with E-state index in [1.165, 1.54) is 12.8 Å². The van der Waals surface area contributed by atoms with Crippen molar-refractivity contribution in [3.8, 4) is 6.07 Å². The Morgan fingerprint density at radius 2 is 2.35 bits per heavy atom. The van der Waals surface area contributed by atoms with Crippen molar-refractivity contribution in [3.63, 3.8) is 0 Å². The van der Waals surface area contributed by atoms with Crippen LogP contribution in [0.3, 0.4) is 0 Å². The maximum atomic E-state index is 9.09. The van der Waals surface area contributed by atoms with Gasteiger partial charge in [-0.15, -0.1) is 0 Å². The van der Waals surface area contributed by atoms with Crippen molar-refractivity contribution in [3.05, 3.63) is 0 Å². The number of nitrogens with zero attached hydrogens (tertiary/aromatic N) is 1. The number of nitrogens with two attached hydrogens (primary N) is 1. The van der Waals surface area contributed by atoms with Crippen LogP contribution in [-0.4, -0.2) is 18.8 Å². The van der Waals surface area contributed by atoms with Gasteiger partial charge in [-0.2, -0.15) is 5.26 Å². The van der Waals surface area contributed by atoms with Crippen molar-refractivity contribution < 1.29 is 4.74 Å². The highest BCUT2D eigenvalue weighted by Gasteiger charge is 2.39. The lowest BCUT2D eigenvalue weighted by atomic mass is 9.87. The van der Waals surface area contributed by atoms with Crippen LogP contribution >= 0.6 is 0 Å². The van der Waals surface area contributed by atoms with Gasteiger partial charge in [0.15, 0.2) is 0 Å². The maximum Gasteiger partial charge on any atom is 0.107 e. The van der Waals surface area contributed by atoms with E-state index in [2.05, 4.69) is 19.9 Å². The predicted molar refractivity (Wildman–Crippen MR) is 69.4 cm³/mol. The van der Waals surface area contributed by atoms with E-state index in [9.17, 15) is 0 Å². The Labute approximate surface area is 105 Å². The first-order valence-electron chi connectivity index (χ1n) is 6.90. The molecule has 0 aliphatic heterocycles. The van der Waals surface area contributed by atoms with Gasteiger partial charge in [0.1, 0.15) is 5.54 Å². The highest BCUT2D eigenvalue weighted by molar-refractivity contribution is 5.11. The Morgan fingerprint density at radius 1 is 1.59 bits per heavy atom. The van der Waals surface area contributed by atoms with E-state index in [0.29, 0.717) is 11.8 Å². The van der Waals surface area contributed by atoms with Crippen LogP contribution in [0.2, 0.25) is 0 Å². The third-order valence-electron chi connectivity index (χ3n) is 3.87. The Bertz CT molecular complexity index is 261. The summed E-state index contributed by atoms with van der Waals surface area (Å²) in [5.41, 5.74) is 5.49. The second kappa shape index (κ2) is 6.98. The third-order valence-corrected chi connectivity index (χ3v) is 3.87. The Hall–Kier alpha value is -0.590. The second-order valence-corrected chi connectivity index (χ2v) is 5.50. The first-order valence-corrected chi connectivity index (χ1v) is 6.90. The van der Waals surface area contributed by atoms with Gasteiger partial charge in [-0.05, 0) is 37.5 Å². The molecule has 2 N–H and O–H groups in total. The summed E-state index contributed by atoms with van der Waals surface area (Å²) in [5, 5.41) is 9.09. The summed E-state index contributed by atoms with van der Waals surface area (Å²) in [6.45, 7) is 6.01. The summed E-state index contributed by atoms with van der Waals surface area (Å²) in [6.07, 6.45) is 6.39. The zero-order valence-corrected chi connectivity index (χ0v) is 11.2. The molecule has 3 heteroatoms. The summed E-state index contributed by atoms with van der Waals surface area (Å²) in [4.78, 5) is 0. The first-order chi connectivity index (χ1) is 8.12. The van der Waals surface area contributed by atoms with Crippen molar-refractivity contribution in [2.75, 3.05) is 13.2 Å². The van der Waals surface area contributed by atoms with E-state index < -0.39 is 5.54 Å². The summed E-state index contributed by atoms with van der Waals surface area (Å²) in [5.74, 6) is 0.969. The number of ether oxygens (including phenoxy) is 1. The molecule has 0 radical (unpaired) electrons. The van der Waals surface area contributed by atoms with Crippen molar-refractivity contribution in [1.82, 2.24) is 0 Å². The molecule has 0 aromatic carbocycles. The average Bonchev–Trinajstić information content (AvgIpc) is 2.68. The molecule has 0 amide bonds. The minimum absolute atomic E-state index is 0.328. The molecular formula is C14H26N2O. The predicted octanol–water partition coefficient (Wildman–Crippen LogP) is 2.85. The molecule has 17 heavy (non-hydrogen) atoms. The lowest BCUT2D eigenvalue weighted by Gasteiger charge is -2.23. The number of rotatable bonds is 7. The van der Waals surface area contributed by atoms with Crippen LogP contribution in [0.15, 0.2) is 0 Å². The molecule has 0 spiro atoms. The van der Waals surface area contributed by atoms with Gasteiger partial charge in [0.2, 0.25) is 0 Å². The first kappa shape index (κ1) is 14.5. The average molecular weight is 238 g/mol. The van der Waals surface area contributed by atoms with Crippen molar-refractivity contribution in [2.24, 2.45) is 17.6 Å². The van der Waals surface area contributed by atoms with Gasteiger partial charge in [-0.3, -0.25) is 0 Å². The van der Waals surface area contributed by atoms with E-state index in [-0.39, 0.29) is 0 Å². The van der Waals surface area contributed by atoms with E-state index in [4.69, 9.17) is 15.7 Å². The molecule has 1 saturated carbocycles. The highest BCUT2D eigenvalue weighted by atomic mass is 16.5. The van der Waals surface area contributed by atoms with Gasteiger partial charge in [0.05, 0.1) is 6.07 Å². The largest absolute Gasteiger partial charge is 0.381 e. The molecule has 0 aromatic heterocycles.